The summed E-state index contributed by atoms with van der Waals surface area (Å²) in [5, 5.41) is 3.87. The first-order chi connectivity index (χ1) is 10.1. The van der Waals surface area contributed by atoms with Crippen LogP contribution in [0.5, 0.6) is 5.75 Å². The average Bonchev–Trinajstić information content (AvgIpc) is 2.96. The Morgan fingerprint density at radius 2 is 1.95 bits per heavy atom. The molecule has 21 heavy (non-hydrogen) atoms. The maximum absolute atomic E-state index is 11.8. The van der Waals surface area contributed by atoms with Crippen molar-refractivity contribution in [2.24, 2.45) is 5.10 Å². The monoisotopic (exact) mass is 287 g/mol. The minimum atomic E-state index is -0.298. The summed E-state index contributed by atoms with van der Waals surface area (Å²) in [5.41, 5.74) is 2.94. The highest BCUT2D eigenvalue weighted by Crippen LogP contribution is 2.14. The van der Waals surface area contributed by atoms with Gasteiger partial charge >= 0.3 is 0 Å². The van der Waals surface area contributed by atoms with Crippen molar-refractivity contribution in [3.8, 4) is 5.75 Å². The van der Waals surface area contributed by atoms with E-state index < -0.39 is 0 Å². The Morgan fingerprint density at radius 3 is 2.52 bits per heavy atom. The van der Waals surface area contributed by atoms with Crippen LogP contribution in [0.2, 0.25) is 0 Å². The summed E-state index contributed by atoms with van der Waals surface area (Å²) < 4.78 is 10.5. The normalized spacial score (nSPS) is 10.6. The predicted molar refractivity (Wildman–Crippen MR) is 81.1 cm³/mol. The lowest BCUT2D eigenvalue weighted by Crippen LogP contribution is -2.17. The van der Waals surface area contributed by atoms with Crippen LogP contribution in [-0.2, 0) is 0 Å². The summed E-state index contributed by atoms with van der Waals surface area (Å²) >= 11 is 0. The Balaban J connectivity index is 1.94. The van der Waals surface area contributed by atoms with Gasteiger partial charge < -0.3 is 14.1 Å². The number of furan rings is 1. The van der Waals surface area contributed by atoms with Gasteiger partial charge in [0.2, 0.25) is 0 Å². The molecule has 1 aromatic heterocycles. The lowest BCUT2D eigenvalue weighted by atomic mass is 10.2. The van der Waals surface area contributed by atoms with Crippen molar-refractivity contribution in [1.82, 2.24) is 5.43 Å². The molecule has 1 aromatic carbocycles. The van der Waals surface area contributed by atoms with Crippen molar-refractivity contribution in [3.05, 3.63) is 47.7 Å². The second-order valence-corrected chi connectivity index (χ2v) is 4.50. The van der Waals surface area contributed by atoms with Gasteiger partial charge in [-0.05, 0) is 30.3 Å². The molecule has 0 saturated heterocycles. The minimum absolute atomic E-state index is 0.298. The van der Waals surface area contributed by atoms with E-state index in [2.05, 4.69) is 10.5 Å². The number of methoxy groups -OCH3 is 1. The second-order valence-electron chi connectivity index (χ2n) is 4.50. The molecule has 0 bridgehead atoms. The number of rotatable bonds is 5. The Hall–Kier alpha value is -2.76. The predicted octanol–water partition coefficient (Wildman–Crippen LogP) is 2.12. The number of hydrogen-bond donors (Lipinski definition) is 1. The van der Waals surface area contributed by atoms with Crippen molar-refractivity contribution in [3.63, 3.8) is 0 Å². The number of carbonyl (C=O) groups is 1. The molecule has 0 aliphatic carbocycles. The van der Waals surface area contributed by atoms with Crippen molar-refractivity contribution in [2.45, 2.75) is 0 Å². The van der Waals surface area contributed by atoms with Gasteiger partial charge in [0, 0.05) is 25.7 Å². The van der Waals surface area contributed by atoms with Gasteiger partial charge in [0.15, 0.2) is 5.88 Å². The van der Waals surface area contributed by atoms with Crippen LogP contribution in [0.15, 0.2) is 45.9 Å². The topological polar surface area (TPSA) is 67.1 Å². The fraction of sp³-hybridized carbons (Fsp3) is 0.200. The maximum Gasteiger partial charge on any atom is 0.271 e. The standard InChI is InChI=1S/C15H17N3O3/c1-18(2)14-9-8-13(21-14)10-16-17-15(19)11-4-6-12(20-3)7-5-11/h4-10H,1-3H3,(H,17,19)/b16-10+. The molecule has 0 aliphatic heterocycles. The van der Waals surface area contributed by atoms with Gasteiger partial charge in [-0.1, -0.05) is 0 Å². The highest BCUT2D eigenvalue weighted by molar-refractivity contribution is 5.94. The number of nitrogens with one attached hydrogen (secondary N) is 1. The smallest absolute Gasteiger partial charge is 0.271 e. The summed E-state index contributed by atoms with van der Waals surface area (Å²) in [6.45, 7) is 0. The second kappa shape index (κ2) is 6.60. The van der Waals surface area contributed by atoms with Gasteiger partial charge in [-0.3, -0.25) is 4.79 Å². The van der Waals surface area contributed by atoms with Crippen LogP contribution in [0.25, 0.3) is 0 Å². The number of carbonyl (C=O) groups excluding carboxylic acids is 1. The zero-order valence-electron chi connectivity index (χ0n) is 12.2. The largest absolute Gasteiger partial charge is 0.497 e. The highest BCUT2D eigenvalue weighted by Gasteiger charge is 2.04. The van der Waals surface area contributed by atoms with E-state index in [1.54, 1.807) is 37.4 Å². The molecule has 6 heteroatoms. The van der Waals surface area contributed by atoms with E-state index in [-0.39, 0.29) is 5.91 Å². The zero-order chi connectivity index (χ0) is 15.2. The number of benzene rings is 1. The molecule has 0 radical (unpaired) electrons. The van der Waals surface area contributed by atoms with Gasteiger partial charge in [0.05, 0.1) is 13.3 Å². The third-order valence-electron chi connectivity index (χ3n) is 2.76. The quantitative estimate of drug-likeness (QED) is 0.675. The van der Waals surface area contributed by atoms with E-state index in [9.17, 15) is 4.79 Å². The average molecular weight is 287 g/mol. The van der Waals surface area contributed by atoms with Crippen LogP contribution in [0.3, 0.4) is 0 Å². The van der Waals surface area contributed by atoms with Crippen LogP contribution >= 0.6 is 0 Å². The molecule has 0 saturated carbocycles. The Bertz CT molecular complexity index is 630. The van der Waals surface area contributed by atoms with Gasteiger partial charge in [-0.2, -0.15) is 5.10 Å². The molecule has 110 valence electrons. The summed E-state index contributed by atoms with van der Waals surface area (Å²) in [6, 6.07) is 10.4. The molecule has 0 spiro atoms. The molecule has 1 amide bonds. The SMILES string of the molecule is COc1ccc(C(=O)N/N=C/c2ccc(N(C)C)o2)cc1. The van der Waals surface area contributed by atoms with Gasteiger partial charge in [-0.15, -0.1) is 0 Å². The lowest BCUT2D eigenvalue weighted by molar-refractivity contribution is 0.0955. The molecule has 6 nitrogen and oxygen atoms in total. The van der Waals surface area contributed by atoms with E-state index in [4.69, 9.17) is 9.15 Å². The van der Waals surface area contributed by atoms with Crippen LogP contribution in [0.1, 0.15) is 16.1 Å². The molecule has 2 rings (SSSR count). The molecule has 0 aliphatic rings. The van der Waals surface area contributed by atoms with Crippen LogP contribution in [0.4, 0.5) is 5.88 Å². The van der Waals surface area contributed by atoms with Crippen LogP contribution < -0.4 is 15.1 Å². The van der Waals surface area contributed by atoms with Gasteiger partial charge in [-0.25, -0.2) is 5.43 Å². The first kappa shape index (κ1) is 14.6. The summed E-state index contributed by atoms with van der Waals surface area (Å²) in [7, 11) is 5.33. The third kappa shape index (κ3) is 3.85. The fourth-order valence-electron chi connectivity index (χ4n) is 1.61. The summed E-state index contributed by atoms with van der Waals surface area (Å²) in [5.74, 6) is 1.68. The third-order valence-corrected chi connectivity index (χ3v) is 2.76. The molecule has 2 aromatic rings. The number of hydrogen-bond acceptors (Lipinski definition) is 5. The van der Waals surface area contributed by atoms with E-state index in [1.165, 1.54) is 6.21 Å². The van der Waals surface area contributed by atoms with Gasteiger partial charge in [0.1, 0.15) is 11.5 Å². The molecule has 0 atom stereocenters. The molecule has 0 fully saturated rings. The number of nitrogens with zero attached hydrogens (tertiary/aromatic N) is 2. The maximum atomic E-state index is 11.8. The van der Waals surface area contributed by atoms with Crippen molar-refractivity contribution in [2.75, 3.05) is 26.1 Å². The summed E-state index contributed by atoms with van der Waals surface area (Å²) in [4.78, 5) is 13.7. The van der Waals surface area contributed by atoms with E-state index >= 15 is 0 Å². The van der Waals surface area contributed by atoms with Crippen molar-refractivity contribution in [1.29, 1.82) is 0 Å². The van der Waals surface area contributed by atoms with Crippen molar-refractivity contribution < 1.29 is 13.9 Å². The Labute approximate surface area is 123 Å². The van der Waals surface area contributed by atoms with Crippen LogP contribution in [0, 0.1) is 0 Å². The lowest BCUT2D eigenvalue weighted by Gasteiger charge is -2.05. The van der Waals surface area contributed by atoms with Crippen LogP contribution in [-0.4, -0.2) is 33.3 Å². The number of anilines is 1. The van der Waals surface area contributed by atoms with E-state index in [0.29, 0.717) is 17.1 Å². The van der Waals surface area contributed by atoms with Gasteiger partial charge in [0.25, 0.3) is 5.91 Å². The van der Waals surface area contributed by atoms with Crippen molar-refractivity contribution >= 4 is 18.0 Å². The van der Waals surface area contributed by atoms with E-state index in [1.807, 2.05) is 25.1 Å². The highest BCUT2D eigenvalue weighted by atomic mass is 16.5. The zero-order valence-corrected chi connectivity index (χ0v) is 12.2. The minimum Gasteiger partial charge on any atom is -0.497 e. The molecular formula is C15H17N3O3. The Kier molecular flexibility index (Phi) is 4.61. The first-order valence-corrected chi connectivity index (χ1v) is 6.35. The number of hydrazone groups is 1. The van der Waals surface area contributed by atoms with E-state index in [0.717, 1.165) is 5.88 Å². The number of ether oxygens (including phenoxy) is 1. The molecule has 1 heterocycles. The molecule has 1 N–H and O–H groups in total. The summed E-state index contributed by atoms with van der Waals surface area (Å²) in [6.07, 6.45) is 1.45. The first-order valence-electron chi connectivity index (χ1n) is 6.35. The Morgan fingerprint density at radius 1 is 1.24 bits per heavy atom. The number of amides is 1. The molecule has 0 unspecified atom stereocenters. The molecular weight excluding hydrogens is 270 g/mol. The fourth-order valence-corrected chi connectivity index (χ4v) is 1.61.